The lowest BCUT2D eigenvalue weighted by Gasteiger charge is -2.11. The number of halogens is 1. The molecule has 0 spiro atoms. The Morgan fingerprint density at radius 2 is 2.03 bits per heavy atom. The van der Waals surface area contributed by atoms with Gasteiger partial charge in [0.2, 0.25) is 11.0 Å². The second-order valence-electron chi connectivity index (χ2n) is 6.12. The predicted octanol–water partition coefficient (Wildman–Crippen LogP) is 5.03. The van der Waals surface area contributed by atoms with Gasteiger partial charge in [-0.1, -0.05) is 42.2 Å². The molecular weight excluding hydrogens is 429 g/mol. The summed E-state index contributed by atoms with van der Waals surface area (Å²) in [5.74, 6) is -0.452. The van der Waals surface area contributed by atoms with Crippen LogP contribution in [0.2, 0.25) is 0 Å². The van der Waals surface area contributed by atoms with E-state index in [2.05, 4.69) is 25.5 Å². The van der Waals surface area contributed by atoms with Crippen molar-refractivity contribution in [1.82, 2.24) is 20.2 Å². The average molecular weight is 446 g/mol. The number of benzene rings is 1. The quantitative estimate of drug-likeness (QED) is 0.331. The number of aryl methyl sites for hydroxylation is 1. The van der Waals surface area contributed by atoms with Gasteiger partial charge in [-0.05, 0) is 31.0 Å². The molecule has 6 nitrogen and oxygen atoms in total. The van der Waals surface area contributed by atoms with E-state index < -0.39 is 5.25 Å². The summed E-state index contributed by atoms with van der Waals surface area (Å²) >= 11 is 4.22. The number of hydrogen-bond donors (Lipinski definition) is 1. The van der Waals surface area contributed by atoms with Crippen molar-refractivity contribution in [3.05, 3.63) is 46.8 Å². The van der Waals surface area contributed by atoms with Crippen LogP contribution in [0.1, 0.15) is 18.9 Å². The number of hydrogen-bond acceptors (Lipinski definition) is 8. The third kappa shape index (κ3) is 4.29. The van der Waals surface area contributed by atoms with Crippen molar-refractivity contribution in [1.29, 1.82) is 0 Å². The number of anilines is 1. The number of thiophene rings is 1. The lowest BCUT2D eigenvalue weighted by atomic mass is 10.1. The van der Waals surface area contributed by atoms with E-state index in [0.29, 0.717) is 10.2 Å². The maximum atomic E-state index is 13.3. The fourth-order valence-corrected chi connectivity index (χ4v) is 5.25. The van der Waals surface area contributed by atoms with E-state index in [-0.39, 0.29) is 11.7 Å². The van der Waals surface area contributed by atoms with Crippen LogP contribution >= 0.6 is 34.4 Å². The number of carbonyl (C=O) groups is 1. The normalized spacial score (nSPS) is 12.2. The Bertz CT molecular complexity index is 1160. The number of fused-ring (bicyclic) bond motifs is 1. The molecule has 10 heteroatoms. The van der Waals surface area contributed by atoms with Crippen molar-refractivity contribution in [2.45, 2.75) is 30.5 Å². The van der Waals surface area contributed by atoms with Gasteiger partial charge in [0.15, 0.2) is 0 Å². The first kappa shape index (κ1) is 19.9. The lowest BCUT2D eigenvalue weighted by molar-refractivity contribution is -0.115. The molecule has 0 bridgehead atoms. The van der Waals surface area contributed by atoms with E-state index in [9.17, 15) is 9.18 Å². The first-order valence-electron chi connectivity index (χ1n) is 8.83. The van der Waals surface area contributed by atoms with Crippen molar-refractivity contribution in [3.8, 4) is 11.1 Å². The largest absolute Gasteiger partial charge is 0.300 e. The van der Waals surface area contributed by atoms with Crippen molar-refractivity contribution in [2.24, 2.45) is 0 Å². The standard InChI is InChI=1S/C19H16FN5OS3/c1-3-14-24-25-19(29-14)23-16(26)10(2)28-18-15-13(8-27-17(15)21-9-22-18)11-4-6-12(20)7-5-11/h4-10H,3H2,1-2H3,(H,23,25,26). The van der Waals surface area contributed by atoms with Gasteiger partial charge in [0, 0.05) is 10.9 Å². The highest BCUT2D eigenvalue weighted by atomic mass is 32.2. The first-order chi connectivity index (χ1) is 14.0. The van der Waals surface area contributed by atoms with Crippen molar-refractivity contribution < 1.29 is 9.18 Å². The smallest absolute Gasteiger partial charge is 0.239 e. The highest BCUT2D eigenvalue weighted by molar-refractivity contribution is 8.00. The molecule has 0 aliphatic heterocycles. The second-order valence-corrected chi connectivity index (χ2v) is 9.37. The van der Waals surface area contributed by atoms with Crippen LogP contribution in [0, 0.1) is 5.82 Å². The molecule has 1 amide bonds. The van der Waals surface area contributed by atoms with Gasteiger partial charge >= 0.3 is 0 Å². The van der Waals surface area contributed by atoms with Gasteiger partial charge in [-0.15, -0.1) is 21.5 Å². The zero-order valence-corrected chi connectivity index (χ0v) is 18.0. The van der Waals surface area contributed by atoms with E-state index >= 15 is 0 Å². The molecule has 0 radical (unpaired) electrons. The minimum absolute atomic E-state index is 0.167. The third-order valence-corrected chi connectivity index (χ3v) is 7.12. The zero-order chi connectivity index (χ0) is 20.4. The Balaban J connectivity index is 1.59. The van der Waals surface area contributed by atoms with Crippen molar-refractivity contribution in [2.75, 3.05) is 5.32 Å². The van der Waals surface area contributed by atoms with Crippen LogP contribution in [0.3, 0.4) is 0 Å². The van der Waals surface area contributed by atoms with E-state index in [1.54, 1.807) is 12.1 Å². The molecule has 1 unspecified atom stereocenters. The van der Waals surface area contributed by atoms with Crippen LogP contribution in [0.4, 0.5) is 9.52 Å². The van der Waals surface area contributed by atoms with Gasteiger partial charge in [0.05, 0.1) is 10.6 Å². The van der Waals surface area contributed by atoms with Crippen LogP contribution in [-0.2, 0) is 11.2 Å². The molecule has 3 heterocycles. The predicted molar refractivity (Wildman–Crippen MR) is 116 cm³/mol. The molecule has 4 rings (SSSR count). The molecule has 4 aromatic rings. The van der Waals surface area contributed by atoms with Crippen LogP contribution in [0.5, 0.6) is 0 Å². The summed E-state index contributed by atoms with van der Waals surface area (Å²) in [6.07, 6.45) is 2.28. The van der Waals surface area contributed by atoms with Gasteiger partial charge in [-0.2, -0.15) is 0 Å². The van der Waals surface area contributed by atoms with Crippen molar-refractivity contribution >= 4 is 55.7 Å². The Morgan fingerprint density at radius 3 is 2.76 bits per heavy atom. The van der Waals surface area contributed by atoms with Crippen LogP contribution < -0.4 is 5.32 Å². The summed E-state index contributed by atoms with van der Waals surface area (Å²) in [5, 5.41) is 15.4. The number of nitrogens with zero attached hydrogens (tertiary/aromatic N) is 4. The fraction of sp³-hybridized carbons (Fsp3) is 0.211. The average Bonchev–Trinajstić information content (AvgIpc) is 3.36. The molecule has 148 valence electrons. The zero-order valence-electron chi connectivity index (χ0n) is 15.5. The van der Waals surface area contributed by atoms with Crippen LogP contribution in [0.25, 0.3) is 21.3 Å². The van der Waals surface area contributed by atoms with Gasteiger partial charge < -0.3 is 0 Å². The van der Waals surface area contributed by atoms with Gasteiger partial charge in [0.1, 0.15) is 27.0 Å². The minimum atomic E-state index is -0.400. The minimum Gasteiger partial charge on any atom is -0.300 e. The summed E-state index contributed by atoms with van der Waals surface area (Å²) in [6.45, 7) is 3.81. The number of rotatable bonds is 6. The number of nitrogens with one attached hydrogen (secondary N) is 1. The Kier molecular flexibility index (Phi) is 5.84. The third-order valence-electron chi connectivity index (χ3n) is 4.15. The van der Waals surface area contributed by atoms with E-state index in [1.165, 1.54) is 52.9 Å². The monoisotopic (exact) mass is 445 g/mol. The van der Waals surface area contributed by atoms with Crippen LogP contribution in [0.15, 0.2) is 41.0 Å². The van der Waals surface area contributed by atoms with E-state index in [4.69, 9.17) is 0 Å². The highest BCUT2D eigenvalue weighted by Gasteiger charge is 2.21. The molecule has 1 N–H and O–H groups in total. The lowest BCUT2D eigenvalue weighted by Crippen LogP contribution is -2.22. The van der Waals surface area contributed by atoms with Gasteiger partial charge in [-0.25, -0.2) is 14.4 Å². The summed E-state index contributed by atoms with van der Waals surface area (Å²) in [7, 11) is 0. The van der Waals surface area contributed by atoms with Gasteiger partial charge in [0.25, 0.3) is 0 Å². The Labute approximate surface area is 178 Å². The van der Waals surface area contributed by atoms with Crippen molar-refractivity contribution in [3.63, 3.8) is 0 Å². The summed E-state index contributed by atoms with van der Waals surface area (Å²) in [5.41, 5.74) is 1.81. The molecule has 1 atom stereocenters. The summed E-state index contributed by atoms with van der Waals surface area (Å²) in [6, 6.07) is 6.32. The van der Waals surface area contributed by atoms with Gasteiger partial charge in [-0.3, -0.25) is 10.1 Å². The Morgan fingerprint density at radius 1 is 1.24 bits per heavy atom. The molecule has 0 aliphatic rings. The maximum Gasteiger partial charge on any atom is 0.239 e. The maximum absolute atomic E-state index is 13.3. The van der Waals surface area contributed by atoms with E-state index in [0.717, 1.165) is 32.8 Å². The number of amides is 1. The molecule has 0 aliphatic carbocycles. The number of thioether (sulfide) groups is 1. The molecule has 0 saturated heterocycles. The number of aromatic nitrogens is 4. The number of carbonyl (C=O) groups excluding carboxylic acids is 1. The molecule has 0 saturated carbocycles. The molecule has 1 aromatic carbocycles. The fourth-order valence-electron chi connectivity index (χ4n) is 2.65. The summed E-state index contributed by atoms with van der Waals surface area (Å²) < 4.78 is 13.3. The SMILES string of the molecule is CCc1nnc(NC(=O)C(C)Sc2ncnc3scc(-c4ccc(F)cc4)c23)s1. The molecule has 29 heavy (non-hydrogen) atoms. The molecule has 0 fully saturated rings. The molecule has 3 aromatic heterocycles. The first-order valence-corrected chi connectivity index (χ1v) is 11.4. The van der Waals surface area contributed by atoms with E-state index in [1.807, 2.05) is 19.2 Å². The molecular formula is C19H16FN5OS3. The highest BCUT2D eigenvalue weighted by Crippen LogP contribution is 2.39. The summed E-state index contributed by atoms with van der Waals surface area (Å²) in [4.78, 5) is 22.2. The topological polar surface area (TPSA) is 80.7 Å². The van der Waals surface area contributed by atoms with Crippen LogP contribution in [-0.4, -0.2) is 31.3 Å². The Hall–Kier alpha value is -2.43. The second kappa shape index (κ2) is 8.52.